The van der Waals surface area contributed by atoms with Crippen LogP contribution in [0.2, 0.25) is 0 Å². The van der Waals surface area contributed by atoms with Gasteiger partial charge in [0.25, 0.3) is 5.56 Å². The summed E-state index contributed by atoms with van der Waals surface area (Å²) in [5, 5.41) is 3.48. The number of hydrogen-bond acceptors (Lipinski definition) is 3. The fraction of sp³-hybridized carbons (Fsp3) is 0.526. The molecule has 128 valence electrons. The molecule has 5 nitrogen and oxygen atoms in total. The number of carbonyl (C=O) groups excluding carboxylic acids is 1. The van der Waals surface area contributed by atoms with Crippen LogP contribution in [0.25, 0.3) is 10.9 Å². The molecule has 5 heteroatoms. The Labute approximate surface area is 142 Å². The zero-order valence-corrected chi connectivity index (χ0v) is 14.3. The normalized spacial score (nSPS) is 15.0. The van der Waals surface area contributed by atoms with Gasteiger partial charge in [-0.1, -0.05) is 37.8 Å². The van der Waals surface area contributed by atoms with Crippen LogP contribution in [0.15, 0.2) is 29.3 Å². The average molecular weight is 327 g/mol. The third kappa shape index (κ3) is 3.83. The summed E-state index contributed by atoms with van der Waals surface area (Å²) >= 11 is 0. The van der Waals surface area contributed by atoms with Crippen molar-refractivity contribution in [2.24, 2.45) is 5.92 Å². The summed E-state index contributed by atoms with van der Waals surface area (Å²) in [7, 11) is 0. The second-order valence-electron chi connectivity index (χ2n) is 6.79. The number of para-hydroxylation sites is 1. The summed E-state index contributed by atoms with van der Waals surface area (Å²) in [5.41, 5.74) is 1.51. The van der Waals surface area contributed by atoms with Crippen LogP contribution in [0.1, 0.15) is 44.1 Å². The number of aromatic nitrogens is 2. The first-order chi connectivity index (χ1) is 11.6. The van der Waals surface area contributed by atoms with Crippen molar-refractivity contribution in [1.82, 2.24) is 14.9 Å². The van der Waals surface area contributed by atoms with Crippen molar-refractivity contribution in [2.75, 3.05) is 6.54 Å². The summed E-state index contributed by atoms with van der Waals surface area (Å²) in [6, 6.07) is 5.53. The molecular formula is C19H25N3O2. The maximum absolute atomic E-state index is 12.5. The third-order valence-electron chi connectivity index (χ3n) is 4.96. The summed E-state index contributed by atoms with van der Waals surface area (Å²) in [6.07, 6.45) is 9.06. The summed E-state index contributed by atoms with van der Waals surface area (Å²) in [4.78, 5) is 28.9. The van der Waals surface area contributed by atoms with Gasteiger partial charge in [0.15, 0.2) is 0 Å². The smallest absolute Gasteiger partial charge is 0.261 e. The SMILES string of the molecule is Cc1cccc2c(=O)n(CC(=O)NCCCC3CCCC3)cnc12. The Morgan fingerprint density at radius 3 is 2.92 bits per heavy atom. The zero-order chi connectivity index (χ0) is 16.9. The minimum atomic E-state index is -0.162. The minimum Gasteiger partial charge on any atom is -0.355 e. The lowest BCUT2D eigenvalue weighted by molar-refractivity contribution is -0.121. The first-order valence-electron chi connectivity index (χ1n) is 8.86. The van der Waals surface area contributed by atoms with Gasteiger partial charge in [-0.05, 0) is 37.3 Å². The molecule has 1 aromatic heterocycles. The van der Waals surface area contributed by atoms with Crippen molar-refractivity contribution in [3.05, 3.63) is 40.4 Å². The van der Waals surface area contributed by atoms with Crippen LogP contribution < -0.4 is 10.9 Å². The molecule has 0 aliphatic heterocycles. The van der Waals surface area contributed by atoms with E-state index in [0.717, 1.165) is 17.9 Å². The molecule has 0 radical (unpaired) electrons. The largest absolute Gasteiger partial charge is 0.355 e. The van der Waals surface area contributed by atoms with Crippen molar-refractivity contribution in [3.8, 4) is 0 Å². The van der Waals surface area contributed by atoms with Gasteiger partial charge < -0.3 is 5.32 Å². The molecule has 0 unspecified atom stereocenters. The number of aryl methyl sites for hydroxylation is 1. The lowest BCUT2D eigenvalue weighted by atomic mass is 10.0. The van der Waals surface area contributed by atoms with Gasteiger partial charge in [-0.15, -0.1) is 0 Å². The molecule has 1 heterocycles. The monoisotopic (exact) mass is 327 g/mol. The fourth-order valence-corrected chi connectivity index (χ4v) is 3.58. The molecule has 0 atom stereocenters. The Hall–Kier alpha value is -2.17. The van der Waals surface area contributed by atoms with Gasteiger partial charge in [-0.2, -0.15) is 0 Å². The number of carbonyl (C=O) groups is 1. The van der Waals surface area contributed by atoms with Crippen LogP contribution in [0.3, 0.4) is 0 Å². The number of nitrogens with zero attached hydrogens (tertiary/aromatic N) is 2. The van der Waals surface area contributed by atoms with Gasteiger partial charge in [0.2, 0.25) is 5.91 Å². The van der Waals surface area contributed by atoms with Crippen LogP contribution in [0.4, 0.5) is 0 Å². The predicted octanol–water partition coefficient (Wildman–Crippen LogP) is 2.79. The highest BCUT2D eigenvalue weighted by molar-refractivity contribution is 5.81. The van der Waals surface area contributed by atoms with E-state index in [0.29, 0.717) is 17.4 Å². The van der Waals surface area contributed by atoms with Gasteiger partial charge in [0.1, 0.15) is 6.54 Å². The second-order valence-corrected chi connectivity index (χ2v) is 6.79. The van der Waals surface area contributed by atoms with Crippen LogP contribution >= 0.6 is 0 Å². The molecule has 1 aromatic carbocycles. The number of benzene rings is 1. The van der Waals surface area contributed by atoms with Crippen molar-refractivity contribution < 1.29 is 4.79 Å². The number of amides is 1. The van der Waals surface area contributed by atoms with E-state index >= 15 is 0 Å². The highest BCUT2D eigenvalue weighted by Gasteiger charge is 2.14. The van der Waals surface area contributed by atoms with Crippen molar-refractivity contribution in [2.45, 2.75) is 52.0 Å². The van der Waals surface area contributed by atoms with E-state index < -0.39 is 0 Å². The molecule has 1 amide bonds. The quantitative estimate of drug-likeness (QED) is 0.830. The standard InChI is InChI=1S/C19H25N3O2/c1-14-6-4-10-16-18(14)21-13-22(19(16)24)12-17(23)20-11-5-9-15-7-2-3-8-15/h4,6,10,13,15H,2-3,5,7-9,11-12H2,1H3,(H,20,23). The molecule has 1 fully saturated rings. The summed E-state index contributed by atoms with van der Waals surface area (Å²) < 4.78 is 1.38. The third-order valence-corrected chi connectivity index (χ3v) is 4.96. The van der Waals surface area contributed by atoms with Gasteiger partial charge >= 0.3 is 0 Å². The first kappa shape index (κ1) is 16.7. The van der Waals surface area contributed by atoms with E-state index in [-0.39, 0.29) is 18.0 Å². The Bertz CT molecular complexity index is 776. The van der Waals surface area contributed by atoms with Crippen molar-refractivity contribution in [3.63, 3.8) is 0 Å². The molecule has 0 bridgehead atoms. The molecule has 2 aromatic rings. The lowest BCUT2D eigenvalue weighted by Crippen LogP contribution is -2.33. The molecule has 3 rings (SSSR count). The molecular weight excluding hydrogens is 302 g/mol. The van der Waals surface area contributed by atoms with E-state index in [1.165, 1.54) is 43.0 Å². The van der Waals surface area contributed by atoms with Crippen molar-refractivity contribution >= 4 is 16.8 Å². The fourth-order valence-electron chi connectivity index (χ4n) is 3.58. The Balaban J connectivity index is 1.55. The maximum atomic E-state index is 12.5. The van der Waals surface area contributed by atoms with Gasteiger partial charge in [-0.3, -0.25) is 14.2 Å². The van der Waals surface area contributed by atoms with Crippen molar-refractivity contribution in [1.29, 1.82) is 0 Å². The van der Waals surface area contributed by atoms with E-state index in [1.807, 2.05) is 19.1 Å². The molecule has 1 N–H and O–H groups in total. The second kappa shape index (κ2) is 7.60. The molecule has 1 saturated carbocycles. The number of fused-ring (bicyclic) bond motifs is 1. The van der Waals surface area contributed by atoms with Gasteiger partial charge in [0.05, 0.1) is 17.2 Å². The number of nitrogens with one attached hydrogen (secondary N) is 1. The average Bonchev–Trinajstić information content (AvgIpc) is 3.08. The zero-order valence-electron chi connectivity index (χ0n) is 14.3. The molecule has 0 spiro atoms. The first-order valence-corrected chi connectivity index (χ1v) is 8.86. The maximum Gasteiger partial charge on any atom is 0.261 e. The van der Waals surface area contributed by atoms with E-state index in [9.17, 15) is 9.59 Å². The molecule has 24 heavy (non-hydrogen) atoms. The van der Waals surface area contributed by atoms with E-state index in [4.69, 9.17) is 0 Å². The predicted molar refractivity (Wildman–Crippen MR) is 94.9 cm³/mol. The molecule has 0 saturated heterocycles. The lowest BCUT2D eigenvalue weighted by Gasteiger charge is -2.10. The van der Waals surface area contributed by atoms with Crippen LogP contribution in [0.5, 0.6) is 0 Å². The van der Waals surface area contributed by atoms with Gasteiger partial charge in [-0.25, -0.2) is 4.98 Å². The summed E-state index contributed by atoms with van der Waals surface area (Å²) in [6.45, 7) is 2.64. The van der Waals surface area contributed by atoms with Crippen LogP contribution in [-0.4, -0.2) is 22.0 Å². The molecule has 1 aliphatic carbocycles. The highest BCUT2D eigenvalue weighted by Crippen LogP contribution is 2.28. The Morgan fingerprint density at radius 1 is 1.33 bits per heavy atom. The topological polar surface area (TPSA) is 64.0 Å². The molecule has 1 aliphatic rings. The highest BCUT2D eigenvalue weighted by atomic mass is 16.2. The van der Waals surface area contributed by atoms with Crippen LogP contribution in [-0.2, 0) is 11.3 Å². The number of hydrogen-bond donors (Lipinski definition) is 1. The summed E-state index contributed by atoms with van der Waals surface area (Å²) in [5.74, 6) is 0.717. The van der Waals surface area contributed by atoms with Gasteiger partial charge in [0, 0.05) is 6.54 Å². The van der Waals surface area contributed by atoms with E-state index in [2.05, 4.69) is 10.3 Å². The minimum absolute atomic E-state index is 0.0269. The van der Waals surface area contributed by atoms with E-state index in [1.54, 1.807) is 6.07 Å². The van der Waals surface area contributed by atoms with Crippen LogP contribution in [0, 0.1) is 12.8 Å². The Morgan fingerprint density at radius 2 is 2.12 bits per heavy atom. The Kier molecular flexibility index (Phi) is 5.28. The number of rotatable bonds is 6.